The van der Waals surface area contributed by atoms with Crippen LogP contribution in [0.4, 0.5) is 13.2 Å². The summed E-state index contributed by atoms with van der Waals surface area (Å²) >= 11 is 0. The molecule has 0 aromatic heterocycles. The first kappa shape index (κ1) is 8.71. The monoisotopic (exact) mass is 143 g/mol. The maximum atomic E-state index is 11.4. The van der Waals surface area contributed by atoms with E-state index in [-0.39, 0.29) is 0 Å². The summed E-state index contributed by atoms with van der Waals surface area (Å²) in [4.78, 5) is 3.91. The van der Waals surface area contributed by atoms with Crippen LogP contribution in [0.3, 0.4) is 0 Å². The Bertz CT molecular complexity index is 82.4. The summed E-state index contributed by atoms with van der Waals surface area (Å²) in [7, 11) is 0. The highest BCUT2D eigenvalue weighted by molar-refractivity contribution is 4.56. The van der Waals surface area contributed by atoms with E-state index in [1.807, 2.05) is 0 Å². The van der Waals surface area contributed by atoms with Gasteiger partial charge in [-0.25, -0.2) is 5.90 Å². The van der Waals surface area contributed by atoms with E-state index in [0.717, 1.165) is 0 Å². The average Bonchev–Trinajstić information content (AvgIpc) is 1.62. The molecular weight excluding hydrogens is 135 g/mol. The molecule has 0 heterocycles. The number of nitrogens with two attached hydrogens (primary N) is 1. The molecular formula is C4H8F3NO. The fraction of sp³-hybridized carbons (Fsp3) is 1.00. The summed E-state index contributed by atoms with van der Waals surface area (Å²) in [6.45, 7) is 1.26. The summed E-state index contributed by atoms with van der Waals surface area (Å²) in [6, 6.07) is 0. The molecule has 0 aliphatic rings. The van der Waals surface area contributed by atoms with Crippen molar-refractivity contribution in [2.24, 2.45) is 5.90 Å². The van der Waals surface area contributed by atoms with E-state index in [1.165, 1.54) is 6.92 Å². The van der Waals surface area contributed by atoms with Gasteiger partial charge in [0, 0.05) is 0 Å². The van der Waals surface area contributed by atoms with E-state index in [4.69, 9.17) is 0 Å². The molecule has 56 valence electrons. The van der Waals surface area contributed by atoms with Crippen molar-refractivity contribution in [3.63, 3.8) is 0 Å². The van der Waals surface area contributed by atoms with Crippen molar-refractivity contribution in [3.05, 3.63) is 0 Å². The zero-order valence-electron chi connectivity index (χ0n) is 4.90. The molecule has 0 aliphatic carbocycles. The summed E-state index contributed by atoms with van der Waals surface area (Å²) in [5, 5.41) is 0. The first-order valence-corrected chi connectivity index (χ1v) is 2.38. The van der Waals surface area contributed by atoms with Gasteiger partial charge < -0.3 is 4.84 Å². The molecule has 1 atom stereocenters. The number of halogens is 3. The Hall–Kier alpha value is -0.290. The number of hydrogen-bond acceptors (Lipinski definition) is 2. The van der Waals surface area contributed by atoms with Gasteiger partial charge in [0.1, 0.15) is 0 Å². The molecule has 0 bridgehead atoms. The van der Waals surface area contributed by atoms with Gasteiger partial charge in [-0.2, -0.15) is 13.2 Å². The standard InChI is InChI=1S/C4H8F3NO/c1-3(9-8)2-4(5,6)7/h3H,2,8H2,1H3. The third-order valence-corrected chi connectivity index (χ3v) is 0.751. The van der Waals surface area contributed by atoms with Crippen molar-refractivity contribution in [2.45, 2.75) is 25.6 Å². The van der Waals surface area contributed by atoms with Crippen molar-refractivity contribution in [3.8, 4) is 0 Å². The largest absolute Gasteiger partial charge is 0.391 e. The molecule has 0 radical (unpaired) electrons. The Morgan fingerprint density at radius 3 is 2.11 bits per heavy atom. The van der Waals surface area contributed by atoms with E-state index < -0.39 is 18.7 Å². The molecule has 2 nitrogen and oxygen atoms in total. The molecule has 0 fully saturated rings. The molecule has 0 aromatic carbocycles. The lowest BCUT2D eigenvalue weighted by Gasteiger charge is -2.10. The summed E-state index contributed by atoms with van der Waals surface area (Å²) in [6.07, 6.45) is -6.13. The predicted octanol–water partition coefficient (Wildman–Crippen LogP) is 1.22. The summed E-state index contributed by atoms with van der Waals surface area (Å²) in [5.41, 5.74) is 0. The van der Waals surface area contributed by atoms with Crippen molar-refractivity contribution in [1.29, 1.82) is 0 Å². The van der Waals surface area contributed by atoms with Crippen molar-refractivity contribution in [2.75, 3.05) is 0 Å². The topological polar surface area (TPSA) is 35.2 Å². The SMILES string of the molecule is CC(CC(F)(F)F)ON. The van der Waals surface area contributed by atoms with Gasteiger partial charge >= 0.3 is 6.18 Å². The first-order valence-electron chi connectivity index (χ1n) is 2.38. The quantitative estimate of drug-likeness (QED) is 0.590. The zero-order valence-corrected chi connectivity index (χ0v) is 4.90. The molecule has 2 N–H and O–H groups in total. The van der Waals surface area contributed by atoms with Gasteiger partial charge in [0.15, 0.2) is 0 Å². The van der Waals surface area contributed by atoms with Gasteiger partial charge in [0.05, 0.1) is 12.5 Å². The first-order chi connectivity index (χ1) is 3.95. The van der Waals surface area contributed by atoms with E-state index in [2.05, 4.69) is 10.7 Å². The average molecular weight is 143 g/mol. The molecule has 0 aliphatic heterocycles. The molecule has 0 amide bonds. The summed E-state index contributed by atoms with van der Waals surface area (Å²) in [5.74, 6) is 4.48. The van der Waals surface area contributed by atoms with Crippen LogP contribution in [-0.2, 0) is 4.84 Å². The van der Waals surface area contributed by atoms with Gasteiger partial charge in [-0.05, 0) is 6.92 Å². The van der Waals surface area contributed by atoms with Crippen molar-refractivity contribution in [1.82, 2.24) is 0 Å². The number of alkyl halides is 3. The lowest BCUT2D eigenvalue weighted by molar-refractivity contribution is -0.158. The number of rotatable bonds is 2. The Labute approximate surface area is 50.7 Å². The van der Waals surface area contributed by atoms with Gasteiger partial charge in [-0.1, -0.05) is 0 Å². The Morgan fingerprint density at radius 2 is 2.00 bits per heavy atom. The maximum Gasteiger partial charge on any atom is 0.391 e. The van der Waals surface area contributed by atoms with Crippen LogP contribution in [0.1, 0.15) is 13.3 Å². The molecule has 9 heavy (non-hydrogen) atoms. The molecule has 0 aromatic rings. The smallest absolute Gasteiger partial charge is 0.301 e. The maximum absolute atomic E-state index is 11.4. The van der Waals surface area contributed by atoms with Crippen molar-refractivity contribution < 1.29 is 18.0 Å². The third kappa shape index (κ3) is 5.58. The molecule has 0 spiro atoms. The molecule has 0 rings (SSSR count). The predicted molar refractivity (Wildman–Crippen MR) is 25.4 cm³/mol. The van der Waals surface area contributed by atoms with E-state index in [9.17, 15) is 13.2 Å². The minimum absolute atomic E-state index is 0.954. The fourth-order valence-corrected chi connectivity index (χ4v) is 0.374. The lowest BCUT2D eigenvalue weighted by atomic mass is 10.3. The van der Waals surface area contributed by atoms with Crippen LogP contribution in [0.5, 0.6) is 0 Å². The van der Waals surface area contributed by atoms with Crippen LogP contribution in [0.25, 0.3) is 0 Å². The normalized spacial score (nSPS) is 15.7. The molecule has 0 saturated carbocycles. The lowest BCUT2D eigenvalue weighted by Crippen LogP contribution is -2.21. The Morgan fingerprint density at radius 1 is 1.56 bits per heavy atom. The second kappa shape index (κ2) is 3.03. The van der Waals surface area contributed by atoms with Gasteiger partial charge in [0.25, 0.3) is 0 Å². The minimum atomic E-state index is -4.18. The van der Waals surface area contributed by atoms with Crippen LogP contribution in [0.15, 0.2) is 0 Å². The fourth-order valence-electron chi connectivity index (χ4n) is 0.374. The van der Waals surface area contributed by atoms with E-state index in [1.54, 1.807) is 0 Å². The Balaban J connectivity index is 3.47. The summed E-state index contributed by atoms with van der Waals surface area (Å²) < 4.78 is 34.1. The van der Waals surface area contributed by atoms with Crippen molar-refractivity contribution >= 4 is 0 Å². The van der Waals surface area contributed by atoms with Gasteiger partial charge in [-0.15, -0.1) is 0 Å². The molecule has 5 heteroatoms. The Kier molecular flexibility index (Phi) is 2.93. The van der Waals surface area contributed by atoms with Gasteiger partial charge in [0.2, 0.25) is 0 Å². The zero-order chi connectivity index (χ0) is 7.49. The molecule has 1 unspecified atom stereocenters. The number of hydrogen-bond donors (Lipinski definition) is 1. The highest BCUT2D eigenvalue weighted by Crippen LogP contribution is 2.21. The van der Waals surface area contributed by atoms with Crippen LogP contribution >= 0.6 is 0 Å². The minimum Gasteiger partial charge on any atom is -0.301 e. The highest BCUT2D eigenvalue weighted by atomic mass is 19.4. The van der Waals surface area contributed by atoms with Crippen LogP contribution in [0.2, 0.25) is 0 Å². The molecule has 0 saturated heterocycles. The second-order valence-electron chi connectivity index (χ2n) is 1.77. The van der Waals surface area contributed by atoms with E-state index >= 15 is 0 Å². The second-order valence-corrected chi connectivity index (χ2v) is 1.77. The van der Waals surface area contributed by atoms with Crippen LogP contribution < -0.4 is 5.90 Å². The third-order valence-electron chi connectivity index (χ3n) is 0.751. The van der Waals surface area contributed by atoms with Crippen LogP contribution in [0, 0.1) is 0 Å². The van der Waals surface area contributed by atoms with E-state index in [0.29, 0.717) is 0 Å². The van der Waals surface area contributed by atoms with Gasteiger partial charge in [-0.3, -0.25) is 0 Å². The van der Waals surface area contributed by atoms with Crippen LogP contribution in [-0.4, -0.2) is 12.3 Å². The highest BCUT2D eigenvalue weighted by Gasteiger charge is 2.30.